The topological polar surface area (TPSA) is 98.2 Å². The van der Waals surface area contributed by atoms with Gasteiger partial charge in [-0.1, -0.05) is 17.3 Å². The zero-order chi connectivity index (χ0) is 13.0. The van der Waals surface area contributed by atoms with Gasteiger partial charge in [-0.2, -0.15) is 0 Å². The molecule has 1 aromatic carbocycles. The summed E-state index contributed by atoms with van der Waals surface area (Å²) in [7, 11) is 0. The first-order valence-electron chi connectivity index (χ1n) is 5.24. The number of aromatic nitrogens is 1. The smallest absolute Gasteiger partial charge is 0.294 e. The number of rotatable bonds is 4. The van der Waals surface area contributed by atoms with Crippen molar-refractivity contribution in [2.45, 2.75) is 6.42 Å². The summed E-state index contributed by atoms with van der Waals surface area (Å²) in [5.74, 6) is -0.639. The van der Waals surface area contributed by atoms with Gasteiger partial charge in [0.15, 0.2) is 0 Å². The minimum Gasteiger partial charge on any atom is -0.369 e. The highest BCUT2D eigenvalue weighted by Crippen LogP contribution is 2.11. The first-order valence-corrected chi connectivity index (χ1v) is 5.24. The molecule has 0 radical (unpaired) electrons. The molecule has 0 fully saturated rings. The molecule has 1 aromatic heterocycles. The number of nitrogens with two attached hydrogens (primary N) is 1. The lowest BCUT2D eigenvalue weighted by Gasteiger charge is -2.03. The summed E-state index contributed by atoms with van der Waals surface area (Å²) in [6.07, 6.45) is 1.57. The first-order chi connectivity index (χ1) is 8.65. The summed E-state index contributed by atoms with van der Waals surface area (Å²) in [6.45, 7) is 0. The van der Waals surface area contributed by atoms with Gasteiger partial charge in [-0.25, -0.2) is 0 Å². The van der Waals surface area contributed by atoms with Gasteiger partial charge < -0.3 is 15.6 Å². The first kappa shape index (κ1) is 11.8. The van der Waals surface area contributed by atoms with Crippen LogP contribution in [0.15, 0.2) is 41.1 Å². The maximum absolute atomic E-state index is 11.6. The molecule has 0 spiro atoms. The third kappa shape index (κ3) is 2.94. The van der Waals surface area contributed by atoms with Crippen LogP contribution in [0.2, 0.25) is 0 Å². The van der Waals surface area contributed by atoms with Gasteiger partial charge in [0, 0.05) is 11.8 Å². The summed E-state index contributed by atoms with van der Waals surface area (Å²) in [5.41, 5.74) is 6.47. The van der Waals surface area contributed by atoms with E-state index in [1.807, 2.05) is 0 Å². The predicted octanol–water partition coefficient (Wildman–Crippen LogP) is 0.955. The molecule has 0 saturated heterocycles. The predicted molar refractivity (Wildman–Crippen MR) is 63.8 cm³/mol. The van der Waals surface area contributed by atoms with Crippen LogP contribution < -0.4 is 11.1 Å². The summed E-state index contributed by atoms with van der Waals surface area (Å²) < 4.78 is 4.72. The Bertz CT molecular complexity index is 546. The van der Waals surface area contributed by atoms with Crippen molar-refractivity contribution in [2.24, 2.45) is 5.73 Å². The van der Waals surface area contributed by atoms with Crippen LogP contribution in [0.1, 0.15) is 16.1 Å². The number of nitrogens with zero attached hydrogens (tertiary/aromatic N) is 1. The van der Waals surface area contributed by atoms with Gasteiger partial charge in [0.25, 0.3) is 5.91 Å². The fourth-order valence-corrected chi connectivity index (χ4v) is 1.43. The number of amides is 2. The molecule has 0 atom stereocenters. The van der Waals surface area contributed by atoms with Gasteiger partial charge in [0.05, 0.1) is 12.6 Å². The molecule has 2 aromatic rings. The number of hydrogen-bond donors (Lipinski definition) is 2. The molecule has 6 heteroatoms. The molecule has 2 amide bonds. The van der Waals surface area contributed by atoms with Crippen LogP contribution in [0, 0.1) is 0 Å². The Morgan fingerprint density at radius 2 is 1.94 bits per heavy atom. The van der Waals surface area contributed by atoms with Gasteiger partial charge in [-0.3, -0.25) is 9.59 Å². The molecule has 3 N–H and O–H groups in total. The van der Waals surface area contributed by atoms with Crippen LogP contribution in [0.5, 0.6) is 0 Å². The van der Waals surface area contributed by atoms with E-state index in [0.717, 1.165) is 5.56 Å². The molecule has 0 aliphatic rings. The monoisotopic (exact) mass is 245 g/mol. The van der Waals surface area contributed by atoms with Gasteiger partial charge in [0.1, 0.15) is 0 Å². The Morgan fingerprint density at radius 1 is 1.22 bits per heavy atom. The summed E-state index contributed by atoms with van der Waals surface area (Å²) in [4.78, 5) is 22.3. The molecular formula is C12H11N3O3. The van der Waals surface area contributed by atoms with E-state index in [0.29, 0.717) is 5.69 Å². The van der Waals surface area contributed by atoms with Crippen molar-refractivity contribution >= 4 is 17.5 Å². The van der Waals surface area contributed by atoms with Crippen molar-refractivity contribution in [1.29, 1.82) is 0 Å². The number of nitrogens with one attached hydrogen (secondary N) is 1. The second kappa shape index (κ2) is 5.13. The van der Waals surface area contributed by atoms with Crippen LogP contribution in [0.25, 0.3) is 0 Å². The maximum Gasteiger partial charge on any atom is 0.294 e. The third-order valence-electron chi connectivity index (χ3n) is 2.25. The second-order valence-corrected chi connectivity index (χ2v) is 3.67. The van der Waals surface area contributed by atoms with Crippen molar-refractivity contribution in [3.05, 3.63) is 47.9 Å². The van der Waals surface area contributed by atoms with Gasteiger partial charge in [-0.05, 0) is 17.7 Å². The van der Waals surface area contributed by atoms with E-state index in [-0.39, 0.29) is 18.1 Å². The zero-order valence-electron chi connectivity index (χ0n) is 9.42. The van der Waals surface area contributed by atoms with Gasteiger partial charge >= 0.3 is 0 Å². The SMILES string of the molecule is NC(=O)Cc1ccc(NC(=O)c2ccno2)cc1. The standard InChI is InChI=1S/C12H11N3O3/c13-11(16)7-8-1-3-9(4-2-8)15-12(17)10-5-6-14-18-10/h1-6H,7H2,(H2,13,16)(H,15,17). The molecule has 0 bridgehead atoms. The molecule has 2 rings (SSSR count). The fraction of sp³-hybridized carbons (Fsp3) is 0.0833. The van der Waals surface area contributed by atoms with Crippen molar-refractivity contribution in [1.82, 2.24) is 5.16 Å². The van der Waals surface area contributed by atoms with Crippen LogP contribution in [-0.2, 0) is 11.2 Å². The maximum atomic E-state index is 11.6. The molecule has 0 saturated carbocycles. The molecule has 6 nitrogen and oxygen atoms in total. The fourth-order valence-electron chi connectivity index (χ4n) is 1.43. The lowest BCUT2D eigenvalue weighted by atomic mass is 10.1. The zero-order valence-corrected chi connectivity index (χ0v) is 9.42. The quantitative estimate of drug-likeness (QED) is 0.837. The van der Waals surface area contributed by atoms with Crippen LogP contribution in [0.3, 0.4) is 0 Å². The van der Waals surface area contributed by atoms with Crippen molar-refractivity contribution in [3.63, 3.8) is 0 Å². The van der Waals surface area contributed by atoms with Gasteiger partial charge in [-0.15, -0.1) is 0 Å². The van der Waals surface area contributed by atoms with E-state index in [9.17, 15) is 9.59 Å². The number of carbonyl (C=O) groups excluding carboxylic acids is 2. The largest absolute Gasteiger partial charge is 0.369 e. The normalized spacial score (nSPS) is 10.0. The highest BCUT2D eigenvalue weighted by molar-refractivity contribution is 6.02. The Hall–Kier alpha value is -2.63. The number of benzene rings is 1. The third-order valence-corrected chi connectivity index (χ3v) is 2.25. The van der Waals surface area contributed by atoms with E-state index in [4.69, 9.17) is 10.3 Å². The second-order valence-electron chi connectivity index (χ2n) is 3.67. The number of anilines is 1. The van der Waals surface area contributed by atoms with E-state index < -0.39 is 5.91 Å². The average molecular weight is 245 g/mol. The summed E-state index contributed by atoms with van der Waals surface area (Å²) >= 11 is 0. The van der Waals surface area contributed by atoms with Crippen LogP contribution >= 0.6 is 0 Å². The Labute approximate surface area is 103 Å². The molecule has 0 aliphatic carbocycles. The van der Waals surface area contributed by atoms with Crippen LogP contribution in [-0.4, -0.2) is 17.0 Å². The van der Waals surface area contributed by atoms with E-state index in [1.54, 1.807) is 24.3 Å². The van der Waals surface area contributed by atoms with Crippen molar-refractivity contribution < 1.29 is 14.1 Å². The van der Waals surface area contributed by atoms with E-state index >= 15 is 0 Å². The Morgan fingerprint density at radius 3 is 2.50 bits per heavy atom. The molecule has 0 unspecified atom stereocenters. The number of primary amides is 1. The van der Waals surface area contributed by atoms with E-state index in [2.05, 4.69) is 10.5 Å². The lowest BCUT2D eigenvalue weighted by Crippen LogP contribution is -2.14. The van der Waals surface area contributed by atoms with Gasteiger partial charge in [0.2, 0.25) is 11.7 Å². The highest BCUT2D eigenvalue weighted by atomic mass is 16.5. The minimum atomic E-state index is -0.395. The summed E-state index contributed by atoms with van der Waals surface area (Å²) in [6, 6.07) is 8.29. The van der Waals surface area contributed by atoms with Crippen molar-refractivity contribution in [2.75, 3.05) is 5.32 Å². The minimum absolute atomic E-state index is 0.135. The Kier molecular flexibility index (Phi) is 3.38. The van der Waals surface area contributed by atoms with Crippen molar-refractivity contribution in [3.8, 4) is 0 Å². The number of carbonyl (C=O) groups is 2. The lowest BCUT2D eigenvalue weighted by molar-refractivity contribution is -0.117. The molecule has 92 valence electrons. The van der Waals surface area contributed by atoms with Crippen LogP contribution in [0.4, 0.5) is 5.69 Å². The van der Waals surface area contributed by atoms with E-state index in [1.165, 1.54) is 12.3 Å². The molecule has 0 aliphatic heterocycles. The number of hydrogen-bond acceptors (Lipinski definition) is 4. The molecule has 18 heavy (non-hydrogen) atoms. The summed E-state index contributed by atoms with van der Waals surface area (Å²) in [5, 5.41) is 6.08. The molecule has 1 heterocycles. The average Bonchev–Trinajstić information content (AvgIpc) is 2.84. The highest BCUT2D eigenvalue weighted by Gasteiger charge is 2.09. The Balaban J connectivity index is 2.02. The molecular weight excluding hydrogens is 234 g/mol.